The number of nitrogens with zero attached hydrogens (tertiary/aromatic N) is 2. The number of aromatic nitrogens is 2. The van der Waals surface area contributed by atoms with Gasteiger partial charge in [0.1, 0.15) is 10.6 Å². The quantitative estimate of drug-likeness (QED) is 0.330. The van der Waals surface area contributed by atoms with E-state index < -0.39 is 5.25 Å². The van der Waals surface area contributed by atoms with Gasteiger partial charge in [-0.1, -0.05) is 30.0 Å². The topological polar surface area (TPSA) is 73.2 Å². The van der Waals surface area contributed by atoms with Gasteiger partial charge in [-0.25, -0.2) is 4.98 Å². The van der Waals surface area contributed by atoms with E-state index in [0.29, 0.717) is 28.5 Å². The molecule has 1 amide bonds. The van der Waals surface area contributed by atoms with Crippen molar-refractivity contribution >= 4 is 39.2 Å². The van der Waals surface area contributed by atoms with E-state index in [2.05, 4.69) is 11.9 Å². The van der Waals surface area contributed by atoms with E-state index in [1.54, 1.807) is 29.1 Å². The summed E-state index contributed by atoms with van der Waals surface area (Å²) in [6.07, 6.45) is 5.77. The molecule has 162 valence electrons. The average Bonchev–Trinajstić information content (AvgIpc) is 3.16. The molecule has 1 atom stereocenters. The van der Waals surface area contributed by atoms with Gasteiger partial charge in [-0.05, 0) is 50.3 Å². The molecule has 1 aromatic carbocycles. The normalized spacial score (nSPS) is 14.1. The summed E-state index contributed by atoms with van der Waals surface area (Å²) in [5, 5.41) is 3.57. The average molecular weight is 456 g/mol. The summed E-state index contributed by atoms with van der Waals surface area (Å²) in [5.74, 6) is 0.455. The number of hydrogen-bond acceptors (Lipinski definition) is 6. The number of hydrogen-bond donors (Lipinski definition) is 1. The van der Waals surface area contributed by atoms with Crippen molar-refractivity contribution in [1.29, 1.82) is 0 Å². The van der Waals surface area contributed by atoms with Crippen molar-refractivity contribution in [2.45, 2.75) is 43.0 Å². The molecule has 0 spiro atoms. The minimum absolute atomic E-state index is 0.102. The SMILES string of the molecule is C=CCNC(=O)C(C)Sc1nc2sc3c(c2c(=O)n1-c1ccccc1OC)CCCC3. The summed E-state index contributed by atoms with van der Waals surface area (Å²) >= 11 is 2.88. The molecule has 0 radical (unpaired) electrons. The molecule has 0 aliphatic heterocycles. The maximum Gasteiger partial charge on any atom is 0.267 e. The van der Waals surface area contributed by atoms with Crippen LogP contribution in [-0.4, -0.2) is 34.4 Å². The summed E-state index contributed by atoms with van der Waals surface area (Å²) < 4.78 is 7.14. The predicted molar refractivity (Wildman–Crippen MR) is 127 cm³/mol. The van der Waals surface area contributed by atoms with Crippen molar-refractivity contribution in [3.05, 3.63) is 57.7 Å². The number of para-hydroxylation sites is 2. The lowest BCUT2D eigenvalue weighted by molar-refractivity contribution is -0.120. The molecule has 0 bridgehead atoms. The van der Waals surface area contributed by atoms with Gasteiger partial charge in [-0.2, -0.15) is 0 Å². The van der Waals surface area contributed by atoms with E-state index in [4.69, 9.17) is 9.72 Å². The van der Waals surface area contributed by atoms with Crippen LogP contribution < -0.4 is 15.6 Å². The molecule has 2 aromatic heterocycles. The first-order valence-corrected chi connectivity index (χ1v) is 12.0. The number of fused-ring (bicyclic) bond motifs is 3. The first-order chi connectivity index (χ1) is 15.0. The van der Waals surface area contributed by atoms with E-state index in [9.17, 15) is 9.59 Å². The summed E-state index contributed by atoms with van der Waals surface area (Å²) in [7, 11) is 1.58. The Morgan fingerprint density at radius 2 is 2.16 bits per heavy atom. The molecule has 0 saturated heterocycles. The highest BCUT2D eigenvalue weighted by atomic mass is 32.2. The van der Waals surface area contributed by atoms with Crippen molar-refractivity contribution in [3.63, 3.8) is 0 Å². The van der Waals surface area contributed by atoms with E-state index in [-0.39, 0.29) is 11.5 Å². The third-order valence-corrected chi connectivity index (χ3v) is 7.59. The number of aryl methyl sites for hydroxylation is 2. The van der Waals surface area contributed by atoms with Crippen LogP contribution in [0.3, 0.4) is 0 Å². The maximum absolute atomic E-state index is 13.8. The number of ether oxygens (including phenoxy) is 1. The molecule has 0 saturated carbocycles. The lowest BCUT2D eigenvalue weighted by Gasteiger charge is -2.17. The molecule has 1 N–H and O–H groups in total. The Balaban J connectivity index is 1.90. The summed E-state index contributed by atoms with van der Waals surface area (Å²) in [5.41, 5.74) is 1.66. The minimum atomic E-state index is -0.431. The number of amides is 1. The van der Waals surface area contributed by atoms with E-state index in [0.717, 1.165) is 36.1 Å². The lowest BCUT2D eigenvalue weighted by Crippen LogP contribution is -2.32. The highest BCUT2D eigenvalue weighted by molar-refractivity contribution is 8.00. The van der Waals surface area contributed by atoms with Crippen molar-refractivity contribution in [1.82, 2.24) is 14.9 Å². The number of thiophene rings is 1. The van der Waals surface area contributed by atoms with E-state index in [1.165, 1.54) is 16.6 Å². The summed E-state index contributed by atoms with van der Waals surface area (Å²) in [6.45, 7) is 5.84. The molecule has 1 aliphatic carbocycles. The molecular weight excluding hydrogens is 430 g/mol. The third-order valence-electron chi connectivity index (χ3n) is 5.36. The first-order valence-electron chi connectivity index (χ1n) is 10.3. The van der Waals surface area contributed by atoms with Gasteiger partial charge in [0.15, 0.2) is 5.16 Å². The highest BCUT2D eigenvalue weighted by Gasteiger charge is 2.25. The molecule has 0 fully saturated rings. The van der Waals surface area contributed by atoms with E-state index >= 15 is 0 Å². The van der Waals surface area contributed by atoms with Gasteiger partial charge >= 0.3 is 0 Å². The Morgan fingerprint density at radius 3 is 2.94 bits per heavy atom. The highest BCUT2D eigenvalue weighted by Crippen LogP contribution is 2.36. The van der Waals surface area contributed by atoms with Crippen LogP contribution in [0.2, 0.25) is 0 Å². The van der Waals surface area contributed by atoms with Crippen LogP contribution in [0.25, 0.3) is 15.9 Å². The molecule has 2 heterocycles. The Kier molecular flexibility index (Phi) is 6.48. The third kappa shape index (κ3) is 4.14. The van der Waals surface area contributed by atoms with Crippen LogP contribution in [0.1, 0.15) is 30.2 Å². The fraction of sp³-hybridized carbons (Fsp3) is 0.348. The number of rotatable bonds is 7. The number of nitrogens with one attached hydrogen (secondary N) is 1. The number of thioether (sulfide) groups is 1. The molecule has 3 aromatic rings. The molecule has 1 unspecified atom stereocenters. The van der Waals surface area contributed by atoms with Gasteiger partial charge in [-0.15, -0.1) is 17.9 Å². The molecule has 4 rings (SSSR count). The molecule has 8 heteroatoms. The molecule has 6 nitrogen and oxygen atoms in total. The van der Waals surface area contributed by atoms with Gasteiger partial charge in [0, 0.05) is 11.4 Å². The zero-order valence-corrected chi connectivity index (χ0v) is 19.3. The number of carbonyl (C=O) groups is 1. The Labute approximate surface area is 189 Å². The zero-order chi connectivity index (χ0) is 22.0. The zero-order valence-electron chi connectivity index (χ0n) is 17.6. The Morgan fingerprint density at radius 1 is 1.39 bits per heavy atom. The predicted octanol–water partition coefficient (Wildman–Crippen LogP) is 4.12. The summed E-state index contributed by atoms with van der Waals surface area (Å²) in [6, 6.07) is 7.40. The van der Waals surface area contributed by atoms with Gasteiger partial charge in [0.25, 0.3) is 5.56 Å². The monoisotopic (exact) mass is 455 g/mol. The van der Waals surface area contributed by atoms with Crippen molar-refractivity contribution in [3.8, 4) is 11.4 Å². The second-order valence-electron chi connectivity index (χ2n) is 7.39. The molecule has 31 heavy (non-hydrogen) atoms. The second kappa shape index (κ2) is 9.28. The molecular formula is C23H25N3O3S2. The number of carbonyl (C=O) groups excluding carboxylic acids is 1. The van der Waals surface area contributed by atoms with Crippen LogP contribution in [0.15, 0.2) is 46.9 Å². The minimum Gasteiger partial charge on any atom is -0.495 e. The van der Waals surface area contributed by atoms with Crippen molar-refractivity contribution in [2.24, 2.45) is 0 Å². The van der Waals surface area contributed by atoms with Gasteiger partial charge in [-0.3, -0.25) is 14.2 Å². The van der Waals surface area contributed by atoms with Crippen LogP contribution >= 0.6 is 23.1 Å². The van der Waals surface area contributed by atoms with Crippen LogP contribution in [0.4, 0.5) is 0 Å². The van der Waals surface area contributed by atoms with Crippen molar-refractivity contribution in [2.75, 3.05) is 13.7 Å². The largest absolute Gasteiger partial charge is 0.495 e. The summed E-state index contributed by atoms with van der Waals surface area (Å²) in [4.78, 5) is 33.2. The Hall–Kier alpha value is -2.58. The van der Waals surface area contributed by atoms with Gasteiger partial charge < -0.3 is 10.1 Å². The smallest absolute Gasteiger partial charge is 0.267 e. The van der Waals surface area contributed by atoms with Crippen LogP contribution in [0, 0.1) is 0 Å². The van der Waals surface area contributed by atoms with Gasteiger partial charge in [0.05, 0.1) is 23.4 Å². The molecule has 1 aliphatic rings. The standard InChI is InChI=1S/C23H25N3O3S2/c1-4-13-24-20(27)14(2)30-23-25-21-19(15-9-5-8-12-18(15)31-21)22(28)26(23)16-10-6-7-11-17(16)29-3/h4,6-7,10-11,14H,1,5,8-9,12-13H2,2-3H3,(H,24,27). The van der Waals surface area contributed by atoms with Crippen LogP contribution in [0.5, 0.6) is 5.75 Å². The lowest BCUT2D eigenvalue weighted by atomic mass is 9.97. The number of benzene rings is 1. The van der Waals surface area contributed by atoms with Gasteiger partial charge in [0.2, 0.25) is 5.91 Å². The van der Waals surface area contributed by atoms with E-state index in [1.807, 2.05) is 31.2 Å². The fourth-order valence-electron chi connectivity index (χ4n) is 3.82. The first kappa shape index (κ1) is 21.6. The van der Waals surface area contributed by atoms with Crippen molar-refractivity contribution < 1.29 is 9.53 Å². The maximum atomic E-state index is 13.8. The second-order valence-corrected chi connectivity index (χ2v) is 9.78. The fourth-order valence-corrected chi connectivity index (χ4v) is 6.07. The Bertz CT molecular complexity index is 1200. The number of methoxy groups -OCH3 is 1. The van der Waals surface area contributed by atoms with Crippen LogP contribution in [-0.2, 0) is 17.6 Å².